The summed E-state index contributed by atoms with van der Waals surface area (Å²) in [5.74, 6) is -0.384. The minimum absolute atomic E-state index is 0.0968. The van der Waals surface area contributed by atoms with Crippen LogP contribution in [0.3, 0.4) is 0 Å². The lowest BCUT2D eigenvalue weighted by atomic mass is 10.2. The highest BCUT2D eigenvalue weighted by molar-refractivity contribution is 9.10. The van der Waals surface area contributed by atoms with Crippen LogP contribution in [0.2, 0.25) is 0 Å². The van der Waals surface area contributed by atoms with E-state index in [1.54, 1.807) is 6.92 Å². The highest BCUT2D eigenvalue weighted by atomic mass is 79.9. The summed E-state index contributed by atoms with van der Waals surface area (Å²) in [7, 11) is 0. The smallest absolute Gasteiger partial charge is 0.410 e. The van der Waals surface area contributed by atoms with Gasteiger partial charge in [0.15, 0.2) is 5.11 Å². The molecule has 0 bridgehead atoms. The zero-order valence-corrected chi connectivity index (χ0v) is 13.3. The lowest BCUT2D eigenvalue weighted by Crippen LogP contribution is -2.37. The topological polar surface area (TPSA) is 124 Å². The maximum Gasteiger partial charge on any atom is 0.410 e. The molecule has 0 fully saturated rings. The first kappa shape index (κ1) is 17.3. The minimum atomic E-state index is -1.33. The highest BCUT2D eigenvalue weighted by Gasteiger charge is 2.16. The van der Waals surface area contributed by atoms with Crippen LogP contribution in [0.15, 0.2) is 16.7 Å². The fourth-order valence-electron chi connectivity index (χ4n) is 1.30. The number of amides is 2. The Morgan fingerprint density at radius 2 is 2.19 bits per heavy atom. The molecule has 21 heavy (non-hydrogen) atoms. The van der Waals surface area contributed by atoms with E-state index in [-0.39, 0.29) is 23.1 Å². The third-order valence-electron chi connectivity index (χ3n) is 2.20. The van der Waals surface area contributed by atoms with Crippen LogP contribution in [0, 0.1) is 0 Å². The largest absolute Gasteiger partial charge is 0.465 e. The number of hydrogen-bond acceptors (Lipinski definition) is 5. The van der Waals surface area contributed by atoms with Gasteiger partial charge in [0.05, 0.1) is 12.2 Å². The number of halogens is 1. The van der Waals surface area contributed by atoms with Crippen molar-refractivity contribution in [2.75, 3.05) is 11.9 Å². The second-order valence-electron chi connectivity index (χ2n) is 3.99. The molecule has 1 atom stereocenters. The third-order valence-corrected chi connectivity index (χ3v) is 2.84. The molecule has 5 N–H and O–H groups in total. The summed E-state index contributed by atoms with van der Waals surface area (Å²) in [6.07, 6.45) is 0.0994. The summed E-state index contributed by atoms with van der Waals surface area (Å²) in [5, 5.41) is 24.3. The number of nitrogens with zero attached hydrogens (tertiary/aromatic N) is 1. The van der Waals surface area contributed by atoms with Gasteiger partial charge in [-0.1, -0.05) is 0 Å². The summed E-state index contributed by atoms with van der Waals surface area (Å²) >= 11 is 7.97. The Labute approximate surface area is 134 Å². The Morgan fingerprint density at radius 3 is 2.76 bits per heavy atom. The molecule has 0 saturated carbocycles. The van der Waals surface area contributed by atoms with Crippen LogP contribution < -0.4 is 16.0 Å². The third kappa shape index (κ3) is 5.61. The Kier molecular flexibility index (Phi) is 6.46. The number of carboxylic acid groups (broad SMARTS) is 1. The Hall–Kier alpha value is -1.78. The molecular formula is C11H13BrN4O4S. The lowest BCUT2D eigenvalue weighted by Gasteiger charge is -2.14. The van der Waals surface area contributed by atoms with Crippen molar-refractivity contribution in [3.8, 4) is 0 Å². The highest BCUT2D eigenvalue weighted by Crippen LogP contribution is 2.18. The van der Waals surface area contributed by atoms with Crippen LogP contribution in [0.4, 0.5) is 10.6 Å². The monoisotopic (exact) mass is 376 g/mol. The van der Waals surface area contributed by atoms with Crippen LogP contribution in [0.1, 0.15) is 17.3 Å². The van der Waals surface area contributed by atoms with Gasteiger partial charge in [-0.05, 0) is 41.1 Å². The fraction of sp³-hybridized carbons (Fsp3) is 0.273. The van der Waals surface area contributed by atoms with Crippen LogP contribution in [0.5, 0.6) is 0 Å². The molecule has 0 aliphatic carbocycles. The molecule has 0 aliphatic heterocycles. The number of aliphatic hydroxyl groups excluding tert-OH is 1. The number of aliphatic hydroxyl groups is 1. The predicted octanol–water partition coefficient (Wildman–Crippen LogP) is 0.919. The molecule has 2 amide bonds. The first-order chi connectivity index (χ1) is 9.83. The van der Waals surface area contributed by atoms with Gasteiger partial charge >= 0.3 is 6.09 Å². The molecule has 1 rings (SSSR count). The van der Waals surface area contributed by atoms with Crippen molar-refractivity contribution in [2.24, 2.45) is 0 Å². The average molecular weight is 377 g/mol. The molecule has 10 heteroatoms. The van der Waals surface area contributed by atoms with Crippen molar-refractivity contribution >= 4 is 51.1 Å². The summed E-state index contributed by atoms with van der Waals surface area (Å²) in [4.78, 5) is 26.5. The van der Waals surface area contributed by atoms with Crippen molar-refractivity contribution in [1.29, 1.82) is 0 Å². The zero-order chi connectivity index (χ0) is 16.0. The van der Waals surface area contributed by atoms with E-state index in [1.807, 2.05) is 5.32 Å². The van der Waals surface area contributed by atoms with Crippen molar-refractivity contribution in [1.82, 2.24) is 15.6 Å². The number of carbonyl (C=O) groups is 2. The Balaban J connectivity index is 2.96. The fourth-order valence-corrected chi connectivity index (χ4v) is 1.81. The molecule has 1 heterocycles. The predicted molar refractivity (Wildman–Crippen MR) is 83.3 cm³/mol. The summed E-state index contributed by atoms with van der Waals surface area (Å²) < 4.78 is 0.562. The van der Waals surface area contributed by atoms with E-state index in [4.69, 9.17) is 22.4 Å². The molecule has 0 aromatic carbocycles. The van der Waals surface area contributed by atoms with E-state index in [1.165, 1.54) is 12.3 Å². The van der Waals surface area contributed by atoms with Gasteiger partial charge in [0.1, 0.15) is 5.82 Å². The number of hydrogen-bond donors (Lipinski definition) is 5. The van der Waals surface area contributed by atoms with Crippen LogP contribution in [-0.4, -0.2) is 45.0 Å². The molecule has 1 aromatic rings. The molecule has 114 valence electrons. The van der Waals surface area contributed by atoms with Gasteiger partial charge in [-0.3, -0.25) is 10.1 Å². The summed E-state index contributed by atoms with van der Waals surface area (Å²) in [6.45, 7) is 1.42. The van der Waals surface area contributed by atoms with E-state index >= 15 is 0 Å². The number of rotatable bonds is 4. The molecule has 8 nitrogen and oxygen atoms in total. The number of anilines is 1. The number of thiocarbonyl (C=S) groups is 1. The van der Waals surface area contributed by atoms with Gasteiger partial charge < -0.3 is 20.8 Å². The standard InChI is InChI=1S/C11H13BrN4O4S/c1-5(4-17)14-9(18)7-2-6(12)3-13-8(7)15-10(21)16-11(19)20/h2-3,5,17H,4H2,1H3,(H,14,18)(H,19,20)(H2,13,15,16,21)/t5-/m0/s1. The molecule has 0 saturated heterocycles. The van der Waals surface area contributed by atoms with E-state index in [2.05, 4.69) is 31.5 Å². The van der Waals surface area contributed by atoms with Gasteiger partial charge in [-0.25, -0.2) is 9.78 Å². The lowest BCUT2D eigenvalue weighted by molar-refractivity contribution is 0.0923. The van der Waals surface area contributed by atoms with Crippen molar-refractivity contribution in [2.45, 2.75) is 13.0 Å². The molecule has 0 spiro atoms. The number of nitrogens with one attached hydrogen (secondary N) is 3. The molecular weight excluding hydrogens is 364 g/mol. The number of carbonyl (C=O) groups excluding carboxylic acids is 1. The van der Waals surface area contributed by atoms with Crippen molar-refractivity contribution in [3.63, 3.8) is 0 Å². The first-order valence-corrected chi connectivity index (χ1v) is 6.91. The normalized spacial score (nSPS) is 11.4. The van der Waals surface area contributed by atoms with Crippen molar-refractivity contribution in [3.05, 3.63) is 22.3 Å². The van der Waals surface area contributed by atoms with Crippen LogP contribution in [-0.2, 0) is 0 Å². The van der Waals surface area contributed by atoms with E-state index in [0.29, 0.717) is 4.47 Å². The van der Waals surface area contributed by atoms with E-state index in [0.717, 1.165) is 0 Å². The summed E-state index contributed by atoms with van der Waals surface area (Å²) in [5.41, 5.74) is 0.152. The number of aromatic nitrogens is 1. The van der Waals surface area contributed by atoms with Crippen LogP contribution >= 0.6 is 28.1 Å². The van der Waals surface area contributed by atoms with Gasteiger partial charge in [-0.15, -0.1) is 0 Å². The quantitative estimate of drug-likeness (QED) is 0.495. The van der Waals surface area contributed by atoms with E-state index in [9.17, 15) is 9.59 Å². The second-order valence-corrected chi connectivity index (χ2v) is 5.31. The van der Waals surface area contributed by atoms with Crippen LogP contribution in [0.25, 0.3) is 0 Å². The van der Waals surface area contributed by atoms with Crippen molar-refractivity contribution < 1.29 is 19.8 Å². The molecule has 0 unspecified atom stereocenters. The van der Waals surface area contributed by atoms with Gasteiger partial charge in [0.2, 0.25) is 0 Å². The maximum absolute atomic E-state index is 12.1. The Bertz CT molecular complexity index is 569. The average Bonchev–Trinajstić information content (AvgIpc) is 2.39. The first-order valence-electron chi connectivity index (χ1n) is 5.71. The van der Waals surface area contributed by atoms with Gasteiger partial charge in [-0.2, -0.15) is 0 Å². The maximum atomic E-state index is 12.1. The molecule has 0 aliphatic rings. The minimum Gasteiger partial charge on any atom is -0.465 e. The van der Waals surface area contributed by atoms with E-state index < -0.39 is 18.0 Å². The SMILES string of the molecule is C[C@@H](CO)NC(=O)c1cc(Br)cnc1NC(=S)NC(=O)O. The molecule has 1 aromatic heterocycles. The Morgan fingerprint density at radius 1 is 1.52 bits per heavy atom. The zero-order valence-electron chi connectivity index (χ0n) is 10.9. The summed E-state index contributed by atoms with van der Waals surface area (Å²) in [6, 6.07) is 1.06. The van der Waals surface area contributed by atoms with Gasteiger partial charge in [0.25, 0.3) is 5.91 Å². The van der Waals surface area contributed by atoms with Gasteiger partial charge in [0, 0.05) is 16.7 Å². The second kappa shape index (κ2) is 7.86. The molecule has 0 radical (unpaired) electrons. The number of pyridine rings is 1.